The van der Waals surface area contributed by atoms with Gasteiger partial charge in [-0.1, -0.05) is 66.2 Å². The summed E-state index contributed by atoms with van der Waals surface area (Å²) in [6.07, 6.45) is 0. The summed E-state index contributed by atoms with van der Waals surface area (Å²) in [5.41, 5.74) is 4.24. The molecule has 0 spiro atoms. The van der Waals surface area contributed by atoms with Crippen molar-refractivity contribution in [3.8, 4) is 5.75 Å². The van der Waals surface area contributed by atoms with Crippen LogP contribution in [0.3, 0.4) is 0 Å². The molecule has 5 heteroatoms. The summed E-state index contributed by atoms with van der Waals surface area (Å²) in [6, 6.07) is 24.9. The minimum atomic E-state index is -0.315. The zero-order valence-electron chi connectivity index (χ0n) is 18.5. The molecule has 0 N–H and O–H groups in total. The maximum absolute atomic E-state index is 13.7. The molecule has 162 valence electrons. The van der Waals surface area contributed by atoms with Crippen LogP contribution in [0.25, 0.3) is 5.57 Å². The topological polar surface area (TPSA) is 49.9 Å². The van der Waals surface area contributed by atoms with Gasteiger partial charge in [-0.2, -0.15) is 0 Å². The zero-order chi connectivity index (χ0) is 22.7. The van der Waals surface area contributed by atoms with Crippen LogP contribution in [0.5, 0.6) is 5.75 Å². The van der Waals surface area contributed by atoms with Crippen molar-refractivity contribution in [3.05, 3.63) is 101 Å². The van der Waals surface area contributed by atoms with E-state index in [4.69, 9.17) is 4.74 Å². The fourth-order valence-corrected chi connectivity index (χ4v) is 4.00. The van der Waals surface area contributed by atoms with E-state index in [0.29, 0.717) is 29.1 Å². The number of likely N-dealkylation sites (N-methyl/N-ethyl adjacent to an activating group) is 1. The number of carbonyl (C=O) groups excluding carboxylic acids is 2. The number of anilines is 1. The number of methoxy groups -OCH3 is 1. The van der Waals surface area contributed by atoms with E-state index in [0.717, 1.165) is 16.8 Å². The van der Waals surface area contributed by atoms with Crippen LogP contribution >= 0.6 is 0 Å². The molecule has 3 aromatic carbocycles. The highest BCUT2D eigenvalue weighted by atomic mass is 16.5. The van der Waals surface area contributed by atoms with Gasteiger partial charge in [0.2, 0.25) is 0 Å². The van der Waals surface area contributed by atoms with Gasteiger partial charge in [-0.25, -0.2) is 0 Å². The quantitative estimate of drug-likeness (QED) is 0.509. The van der Waals surface area contributed by atoms with Crippen molar-refractivity contribution in [3.63, 3.8) is 0 Å². The Morgan fingerprint density at radius 1 is 0.844 bits per heavy atom. The second-order valence-electron chi connectivity index (χ2n) is 7.69. The van der Waals surface area contributed by atoms with Crippen molar-refractivity contribution in [1.82, 2.24) is 4.90 Å². The highest BCUT2D eigenvalue weighted by Gasteiger charge is 2.42. The first kappa shape index (κ1) is 21.4. The second-order valence-corrected chi connectivity index (χ2v) is 7.69. The molecule has 1 aliphatic rings. The molecule has 0 saturated heterocycles. The third-order valence-electron chi connectivity index (χ3n) is 5.64. The lowest BCUT2D eigenvalue weighted by atomic mass is 10.0. The molecule has 0 bridgehead atoms. The van der Waals surface area contributed by atoms with E-state index in [2.05, 4.69) is 0 Å². The lowest BCUT2D eigenvalue weighted by molar-refractivity contribution is -0.137. The number of rotatable bonds is 7. The lowest BCUT2D eigenvalue weighted by Gasteiger charge is -2.25. The van der Waals surface area contributed by atoms with Gasteiger partial charge < -0.3 is 9.64 Å². The van der Waals surface area contributed by atoms with Crippen LogP contribution in [0.4, 0.5) is 5.69 Å². The van der Waals surface area contributed by atoms with Crippen LogP contribution in [-0.2, 0) is 16.1 Å². The summed E-state index contributed by atoms with van der Waals surface area (Å²) in [7, 11) is 1.57. The van der Waals surface area contributed by atoms with Crippen LogP contribution in [0.1, 0.15) is 23.6 Å². The van der Waals surface area contributed by atoms with E-state index in [9.17, 15) is 9.59 Å². The number of carbonyl (C=O) groups is 2. The number of amides is 2. The first-order valence-corrected chi connectivity index (χ1v) is 10.7. The Morgan fingerprint density at radius 3 is 2.16 bits per heavy atom. The molecule has 0 fully saturated rings. The van der Waals surface area contributed by atoms with Gasteiger partial charge in [0.25, 0.3) is 11.8 Å². The summed E-state index contributed by atoms with van der Waals surface area (Å²) in [6.45, 7) is 4.73. The molecule has 0 atom stereocenters. The normalized spacial score (nSPS) is 13.7. The predicted octanol–water partition coefficient (Wildman–Crippen LogP) is 4.81. The summed E-state index contributed by atoms with van der Waals surface area (Å²) >= 11 is 0. The fraction of sp³-hybridized carbons (Fsp3) is 0.185. The number of imide groups is 1. The van der Waals surface area contributed by atoms with Gasteiger partial charge in [-0.15, -0.1) is 0 Å². The molecule has 0 aliphatic carbocycles. The number of para-hydroxylation sites is 2. The van der Waals surface area contributed by atoms with Crippen LogP contribution in [0.2, 0.25) is 0 Å². The molecular formula is C27H26N2O3. The van der Waals surface area contributed by atoms with Gasteiger partial charge in [0.15, 0.2) is 0 Å². The number of aryl methyl sites for hydroxylation is 1. The van der Waals surface area contributed by atoms with Gasteiger partial charge in [0, 0.05) is 17.8 Å². The van der Waals surface area contributed by atoms with Crippen LogP contribution in [0, 0.1) is 6.92 Å². The minimum absolute atomic E-state index is 0.215. The molecule has 4 rings (SSSR count). The largest absolute Gasteiger partial charge is 0.496 e. The molecule has 0 aromatic heterocycles. The summed E-state index contributed by atoms with van der Waals surface area (Å²) < 4.78 is 5.54. The van der Waals surface area contributed by atoms with Crippen molar-refractivity contribution < 1.29 is 14.3 Å². The summed E-state index contributed by atoms with van der Waals surface area (Å²) in [4.78, 5) is 30.6. The van der Waals surface area contributed by atoms with Crippen molar-refractivity contribution in [2.24, 2.45) is 0 Å². The third-order valence-corrected chi connectivity index (χ3v) is 5.64. The van der Waals surface area contributed by atoms with Gasteiger partial charge in [-0.3, -0.25) is 14.5 Å². The smallest absolute Gasteiger partial charge is 0.278 e. The number of ether oxygens (including phenoxy) is 1. The third kappa shape index (κ3) is 3.89. The maximum Gasteiger partial charge on any atom is 0.278 e. The molecule has 0 saturated carbocycles. The number of hydrogen-bond donors (Lipinski definition) is 0. The van der Waals surface area contributed by atoms with E-state index in [1.165, 1.54) is 4.90 Å². The van der Waals surface area contributed by atoms with E-state index >= 15 is 0 Å². The Labute approximate surface area is 188 Å². The molecule has 1 aliphatic heterocycles. The van der Waals surface area contributed by atoms with Gasteiger partial charge in [-0.05, 0) is 37.6 Å². The maximum atomic E-state index is 13.7. The molecule has 1 heterocycles. The minimum Gasteiger partial charge on any atom is -0.496 e. The summed E-state index contributed by atoms with van der Waals surface area (Å²) in [5.74, 6) is -0.0610. The van der Waals surface area contributed by atoms with Crippen LogP contribution in [0.15, 0.2) is 84.6 Å². The Kier molecular flexibility index (Phi) is 6.08. The molecule has 5 nitrogen and oxygen atoms in total. The first-order valence-electron chi connectivity index (χ1n) is 10.7. The molecular weight excluding hydrogens is 400 g/mol. The van der Waals surface area contributed by atoms with Crippen molar-refractivity contribution in [2.75, 3.05) is 18.6 Å². The van der Waals surface area contributed by atoms with E-state index in [1.807, 2.05) is 91.5 Å². The van der Waals surface area contributed by atoms with Gasteiger partial charge in [0.1, 0.15) is 11.4 Å². The molecule has 32 heavy (non-hydrogen) atoms. The molecule has 0 radical (unpaired) electrons. The average Bonchev–Trinajstić information content (AvgIpc) is 3.06. The SMILES string of the molecule is CCN(C1=C(c2ccccc2OC)C(=O)N(Cc2ccc(C)cc2)C1=O)c1ccccc1. The average molecular weight is 427 g/mol. The van der Waals surface area contributed by atoms with Crippen LogP contribution in [-0.4, -0.2) is 30.4 Å². The van der Waals surface area contributed by atoms with E-state index in [-0.39, 0.29) is 18.4 Å². The molecule has 0 unspecified atom stereocenters. The Hall–Kier alpha value is -3.86. The van der Waals surface area contributed by atoms with Crippen molar-refractivity contribution in [2.45, 2.75) is 20.4 Å². The zero-order valence-corrected chi connectivity index (χ0v) is 18.5. The highest BCUT2D eigenvalue weighted by molar-refractivity contribution is 6.37. The van der Waals surface area contributed by atoms with E-state index in [1.54, 1.807) is 13.2 Å². The second kappa shape index (κ2) is 9.10. The van der Waals surface area contributed by atoms with Crippen molar-refractivity contribution >= 4 is 23.1 Å². The Morgan fingerprint density at radius 2 is 1.50 bits per heavy atom. The molecule has 2 amide bonds. The predicted molar refractivity (Wildman–Crippen MR) is 126 cm³/mol. The van der Waals surface area contributed by atoms with Crippen molar-refractivity contribution in [1.29, 1.82) is 0 Å². The molecule has 3 aromatic rings. The van der Waals surface area contributed by atoms with E-state index < -0.39 is 0 Å². The van der Waals surface area contributed by atoms with Gasteiger partial charge >= 0.3 is 0 Å². The van der Waals surface area contributed by atoms with Crippen LogP contribution < -0.4 is 9.64 Å². The number of benzene rings is 3. The first-order chi connectivity index (χ1) is 15.5. The monoisotopic (exact) mass is 426 g/mol. The number of hydrogen-bond acceptors (Lipinski definition) is 4. The fourth-order valence-electron chi connectivity index (χ4n) is 4.00. The summed E-state index contributed by atoms with van der Waals surface area (Å²) in [5, 5.41) is 0. The standard InChI is InChI=1S/C27H26N2O3/c1-4-28(21-10-6-5-7-11-21)25-24(22-12-8-9-13-23(22)32-3)26(30)29(27(25)31)18-20-16-14-19(2)15-17-20/h5-17H,4,18H2,1-3H3. The lowest BCUT2D eigenvalue weighted by Crippen LogP contribution is -2.34. The Bertz CT molecular complexity index is 1170. The Balaban J connectivity index is 1.85. The van der Waals surface area contributed by atoms with Gasteiger partial charge in [0.05, 0.1) is 19.2 Å². The highest BCUT2D eigenvalue weighted by Crippen LogP contribution is 2.38. The number of nitrogens with zero attached hydrogens (tertiary/aromatic N) is 2.